The van der Waals surface area contributed by atoms with Crippen molar-refractivity contribution in [3.8, 4) is 6.01 Å². The summed E-state index contributed by atoms with van der Waals surface area (Å²) < 4.78 is 45.1. The molecule has 6 nitrogen and oxygen atoms in total. The molecule has 1 aromatic carbocycles. The van der Waals surface area contributed by atoms with E-state index in [1.807, 2.05) is 0 Å². The summed E-state index contributed by atoms with van der Waals surface area (Å²) in [7, 11) is -3.49. The van der Waals surface area contributed by atoms with Gasteiger partial charge in [0.05, 0.1) is 24.7 Å². The summed E-state index contributed by atoms with van der Waals surface area (Å²) in [6, 6.07) is 6.84. The molecule has 0 aliphatic carbocycles. The number of nitrogens with zero attached hydrogens (tertiary/aromatic N) is 3. The fourth-order valence-electron chi connectivity index (χ4n) is 2.69. The Kier molecular flexibility index (Phi) is 5.51. The van der Waals surface area contributed by atoms with Gasteiger partial charge in [-0.1, -0.05) is 23.7 Å². The standard InChI is InChI=1S/C16H17ClFN3O3S/c17-13-4-1-3-12(7-13)11-25(22,23)21-6-2-5-15(10-21)24-16-19-8-14(18)9-20-16/h1,3-4,7-9,15H,2,5-6,10-11H2. The van der Waals surface area contributed by atoms with E-state index in [4.69, 9.17) is 16.3 Å². The van der Waals surface area contributed by atoms with Crippen LogP contribution in [-0.2, 0) is 15.8 Å². The van der Waals surface area contributed by atoms with Crippen LogP contribution in [0.3, 0.4) is 0 Å². The van der Waals surface area contributed by atoms with E-state index in [0.717, 1.165) is 12.4 Å². The second-order valence-corrected chi connectivity index (χ2v) is 8.22. The summed E-state index contributed by atoms with van der Waals surface area (Å²) >= 11 is 5.92. The van der Waals surface area contributed by atoms with Gasteiger partial charge >= 0.3 is 6.01 Å². The molecule has 1 fully saturated rings. The van der Waals surface area contributed by atoms with Crippen molar-refractivity contribution >= 4 is 21.6 Å². The van der Waals surface area contributed by atoms with Gasteiger partial charge in [0, 0.05) is 11.6 Å². The number of hydrogen-bond donors (Lipinski definition) is 0. The van der Waals surface area contributed by atoms with Gasteiger partial charge in [-0.3, -0.25) is 0 Å². The minimum atomic E-state index is -3.49. The van der Waals surface area contributed by atoms with Gasteiger partial charge in [-0.15, -0.1) is 0 Å². The molecule has 134 valence electrons. The Morgan fingerprint density at radius 2 is 2.08 bits per heavy atom. The van der Waals surface area contributed by atoms with Crippen molar-refractivity contribution < 1.29 is 17.5 Å². The lowest BCUT2D eigenvalue weighted by atomic mass is 10.1. The van der Waals surface area contributed by atoms with E-state index in [0.29, 0.717) is 30.0 Å². The number of sulfonamides is 1. The highest BCUT2D eigenvalue weighted by Crippen LogP contribution is 2.21. The molecule has 1 unspecified atom stereocenters. The lowest BCUT2D eigenvalue weighted by Gasteiger charge is -2.31. The molecule has 1 aliphatic heterocycles. The normalized spacial score (nSPS) is 18.9. The van der Waals surface area contributed by atoms with Gasteiger partial charge in [-0.2, -0.15) is 4.31 Å². The van der Waals surface area contributed by atoms with E-state index < -0.39 is 15.8 Å². The molecule has 0 radical (unpaired) electrons. The lowest BCUT2D eigenvalue weighted by Crippen LogP contribution is -2.44. The molecule has 9 heteroatoms. The minimum Gasteiger partial charge on any atom is -0.459 e. The number of hydrogen-bond acceptors (Lipinski definition) is 5. The van der Waals surface area contributed by atoms with E-state index in [1.165, 1.54) is 4.31 Å². The van der Waals surface area contributed by atoms with E-state index in [1.54, 1.807) is 24.3 Å². The number of ether oxygens (including phenoxy) is 1. The number of aromatic nitrogens is 2. The van der Waals surface area contributed by atoms with Gasteiger partial charge in [0.25, 0.3) is 0 Å². The Bertz CT molecular complexity index is 833. The smallest absolute Gasteiger partial charge is 0.316 e. The summed E-state index contributed by atoms with van der Waals surface area (Å²) in [6.07, 6.45) is 3.01. The molecule has 0 spiro atoms. The average Bonchev–Trinajstić information content (AvgIpc) is 2.57. The van der Waals surface area contributed by atoms with Crippen LogP contribution in [0.2, 0.25) is 5.02 Å². The minimum absolute atomic E-state index is 0.0421. The van der Waals surface area contributed by atoms with Gasteiger partial charge in [-0.25, -0.2) is 22.8 Å². The molecule has 0 N–H and O–H groups in total. The number of halogens is 2. The Morgan fingerprint density at radius 3 is 2.80 bits per heavy atom. The molecular weight excluding hydrogens is 369 g/mol. The Balaban J connectivity index is 1.66. The molecule has 1 aliphatic rings. The maximum Gasteiger partial charge on any atom is 0.316 e. The molecular formula is C16H17ClFN3O3S. The maximum absolute atomic E-state index is 12.8. The second kappa shape index (κ2) is 7.63. The second-order valence-electron chi connectivity index (χ2n) is 5.81. The largest absolute Gasteiger partial charge is 0.459 e. The van der Waals surface area contributed by atoms with E-state index >= 15 is 0 Å². The summed E-state index contributed by atoms with van der Waals surface area (Å²) in [5.41, 5.74) is 0.636. The lowest BCUT2D eigenvalue weighted by molar-refractivity contribution is 0.119. The Hall–Kier alpha value is -1.77. The van der Waals surface area contributed by atoms with Crippen molar-refractivity contribution in [2.75, 3.05) is 13.1 Å². The van der Waals surface area contributed by atoms with Gasteiger partial charge in [-0.05, 0) is 30.5 Å². The van der Waals surface area contributed by atoms with Gasteiger partial charge in [0.2, 0.25) is 10.0 Å². The van der Waals surface area contributed by atoms with E-state index in [-0.39, 0.29) is 24.4 Å². The summed E-state index contributed by atoms with van der Waals surface area (Å²) in [5, 5.41) is 0.501. The number of benzene rings is 1. The van der Waals surface area contributed by atoms with E-state index in [2.05, 4.69) is 9.97 Å². The molecule has 25 heavy (non-hydrogen) atoms. The van der Waals surface area contributed by atoms with Crippen LogP contribution in [0.4, 0.5) is 4.39 Å². The monoisotopic (exact) mass is 385 g/mol. The zero-order valence-electron chi connectivity index (χ0n) is 13.3. The first-order valence-electron chi connectivity index (χ1n) is 7.79. The maximum atomic E-state index is 12.8. The number of rotatable bonds is 5. The van der Waals surface area contributed by atoms with Crippen molar-refractivity contribution in [2.45, 2.75) is 24.7 Å². The van der Waals surface area contributed by atoms with Crippen molar-refractivity contribution in [3.63, 3.8) is 0 Å². The van der Waals surface area contributed by atoms with Crippen LogP contribution < -0.4 is 4.74 Å². The average molecular weight is 386 g/mol. The molecule has 1 saturated heterocycles. The molecule has 2 heterocycles. The summed E-state index contributed by atoms with van der Waals surface area (Å²) in [4.78, 5) is 7.49. The zero-order chi connectivity index (χ0) is 17.9. The van der Waals surface area contributed by atoms with E-state index in [9.17, 15) is 12.8 Å². The fraction of sp³-hybridized carbons (Fsp3) is 0.375. The van der Waals surface area contributed by atoms with Gasteiger partial charge < -0.3 is 4.74 Å². The van der Waals surface area contributed by atoms with Crippen LogP contribution in [0.5, 0.6) is 6.01 Å². The molecule has 0 bridgehead atoms. The third-order valence-corrected chi connectivity index (χ3v) is 5.89. The SMILES string of the molecule is O=S(=O)(Cc1cccc(Cl)c1)N1CCCC(Oc2ncc(F)cn2)C1. The van der Waals surface area contributed by atoms with Crippen LogP contribution in [0.1, 0.15) is 18.4 Å². The van der Waals surface area contributed by atoms with Crippen LogP contribution in [-0.4, -0.2) is 41.9 Å². The molecule has 0 saturated carbocycles. The Morgan fingerprint density at radius 1 is 1.32 bits per heavy atom. The van der Waals surface area contributed by atoms with Crippen molar-refractivity contribution in [2.24, 2.45) is 0 Å². The highest BCUT2D eigenvalue weighted by molar-refractivity contribution is 7.88. The first-order chi connectivity index (χ1) is 11.9. The van der Waals surface area contributed by atoms with Gasteiger partial charge in [0.1, 0.15) is 6.10 Å². The van der Waals surface area contributed by atoms with Crippen LogP contribution in [0.25, 0.3) is 0 Å². The zero-order valence-corrected chi connectivity index (χ0v) is 14.9. The molecule has 2 aromatic rings. The fourth-order valence-corrected chi connectivity index (χ4v) is 4.49. The number of piperidine rings is 1. The highest BCUT2D eigenvalue weighted by atomic mass is 35.5. The van der Waals surface area contributed by atoms with Crippen molar-refractivity contribution in [1.29, 1.82) is 0 Å². The summed E-state index contributed by atoms with van der Waals surface area (Å²) in [6.45, 7) is 0.649. The first kappa shape index (κ1) is 18.0. The Labute approximate surface area is 150 Å². The van der Waals surface area contributed by atoms with Crippen molar-refractivity contribution in [3.05, 3.63) is 53.1 Å². The molecule has 1 aromatic heterocycles. The van der Waals surface area contributed by atoms with Crippen molar-refractivity contribution in [1.82, 2.24) is 14.3 Å². The topological polar surface area (TPSA) is 72.4 Å². The third kappa shape index (κ3) is 4.87. The highest BCUT2D eigenvalue weighted by Gasteiger charge is 2.30. The molecule has 3 rings (SSSR count). The van der Waals surface area contributed by atoms with Crippen LogP contribution >= 0.6 is 11.6 Å². The molecule has 0 amide bonds. The first-order valence-corrected chi connectivity index (χ1v) is 9.77. The predicted octanol–water partition coefficient (Wildman–Crippen LogP) is 2.64. The van der Waals surface area contributed by atoms with Crippen LogP contribution in [0.15, 0.2) is 36.7 Å². The molecule has 1 atom stereocenters. The predicted molar refractivity (Wildman–Crippen MR) is 91.3 cm³/mol. The van der Waals surface area contributed by atoms with Crippen LogP contribution in [0, 0.1) is 5.82 Å². The quantitative estimate of drug-likeness (QED) is 0.791. The third-order valence-electron chi connectivity index (χ3n) is 3.84. The summed E-state index contributed by atoms with van der Waals surface area (Å²) in [5.74, 6) is -0.672. The van der Waals surface area contributed by atoms with Gasteiger partial charge in [0.15, 0.2) is 5.82 Å².